The van der Waals surface area contributed by atoms with E-state index in [2.05, 4.69) is 10.2 Å². The summed E-state index contributed by atoms with van der Waals surface area (Å²) in [7, 11) is -4.02. The van der Waals surface area contributed by atoms with Crippen molar-refractivity contribution in [3.8, 4) is 0 Å². The Hall–Kier alpha value is -3.26. The minimum atomic E-state index is -4.02. The zero-order chi connectivity index (χ0) is 22.0. The number of fused-ring (bicyclic) bond motifs is 1. The number of pyridine rings is 1. The number of aryl methyl sites for hydroxylation is 2. The van der Waals surface area contributed by atoms with E-state index in [1.807, 2.05) is 26.0 Å². The van der Waals surface area contributed by atoms with Crippen LogP contribution < -0.4 is 4.31 Å². The van der Waals surface area contributed by atoms with Crippen LogP contribution in [0.1, 0.15) is 30.8 Å². The van der Waals surface area contributed by atoms with Crippen molar-refractivity contribution >= 4 is 21.4 Å². The van der Waals surface area contributed by atoms with Gasteiger partial charge in [0.1, 0.15) is 16.5 Å². The number of benzene rings is 2. The Bertz CT molecular complexity index is 1320. The van der Waals surface area contributed by atoms with Gasteiger partial charge in [-0.15, -0.1) is 10.2 Å². The first-order valence-corrected chi connectivity index (χ1v) is 11.6. The van der Waals surface area contributed by atoms with E-state index in [4.69, 9.17) is 0 Å². The van der Waals surface area contributed by atoms with E-state index in [1.165, 1.54) is 22.5 Å². The molecular weight excluding hydrogens is 415 g/mol. The van der Waals surface area contributed by atoms with E-state index in [0.717, 1.165) is 12.0 Å². The third-order valence-electron chi connectivity index (χ3n) is 5.20. The zero-order valence-electron chi connectivity index (χ0n) is 17.4. The summed E-state index contributed by atoms with van der Waals surface area (Å²) >= 11 is 0. The Morgan fingerprint density at radius 1 is 0.935 bits per heavy atom. The Morgan fingerprint density at radius 3 is 2.39 bits per heavy atom. The standard InChI is InChI=1S/C23H23FN4O2S/c1-3-17-10-12-20(13-11-17)28(16-18-7-5-8-19(24)15-18)31(29,30)21-9-6-14-27-22(4-2)25-26-23(21)27/h5-15H,3-4,16H2,1-2H3. The largest absolute Gasteiger partial charge is 0.285 e. The highest BCUT2D eigenvalue weighted by molar-refractivity contribution is 7.93. The molecule has 0 amide bonds. The molecule has 2 aromatic carbocycles. The number of sulfonamides is 1. The fourth-order valence-electron chi connectivity index (χ4n) is 3.51. The van der Waals surface area contributed by atoms with Crippen LogP contribution in [-0.4, -0.2) is 23.0 Å². The zero-order valence-corrected chi connectivity index (χ0v) is 18.2. The van der Waals surface area contributed by atoms with Crippen molar-refractivity contribution in [3.63, 3.8) is 0 Å². The summed E-state index contributed by atoms with van der Waals surface area (Å²) in [6.45, 7) is 3.96. The second-order valence-electron chi connectivity index (χ2n) is 7.20. The van der Waals surface area contributed by atoms with Gasteiger partial charge in [-0.1, -0.05) is 38.1 Å². The van der Waals surface area contributed by atoms with Gasteiger partial charge in [0.2, 0.25) is 0 Å². The van der Waals surface area contributed by atoms with Crippen LogP contribution in [0.25, 0.3) is 5.65 Å². The van der Waals surface area contributed by atoms with Crippen LogP contribution in [-0.2, 0) is 29.4 Å². The summed E-state index contributed by atoms with van der Waals surface area (Å²) in [4.78, 5) is 0.0539. The number of anilines is 1. The van der Waals surface area contributed by atoms with E-state index in [1.54, 1.807) is 40.9 Å². The molecule has 0 N–H and O–H groups in total. The van der Waals surface area contributed by atoms with Crippen molar-refractivity contribution < 1.29 is 12.8 Å². The summed E-state index contributed by atoms with van der Waals surface area (Å²) < 4.78 is 44.5. The van der Waals surface area contributed by atoms with Crippen molar-refractivity contribution in [1.29, 1.82) is 0 Å². The first-order chi connectivity index (χ1) is 14.9. The van der Waals surface area contributed by atoms with Crippen LogP contribution in [0.15, 0.2) is 71.8 Å². The number of aromatic nitrogens is 3. The summed E-state index contributed by atoms with van der Waals surface area (Å²) in [6.07, 6.45) is 3.21. The molecule has 2 aromatic heterocycles. The molecule has 0 radical (unpaired) electrons. The van der Waals surface area contributed by atoms with Crippen LogP contribution in [0.4, 0.5) is 10.1 Å². The molecule has 0 spiro atoms. The van der Waals surface area contributed by atoms with Gasteiger partial charge < -0.3 is 0 Å². The number of rotatable bonds is 7. The Kier molecular flexibility index (Phi) is 5.73. The Morgan fingerprint density at radius 2 is 1.71 bits per heavy atom. The maximum absolute atomic E-state index is 13.8. The van der Waals surface area contributed by atoms with Crippen molar-refractivity contribution in [1.82, 2.24) is 14.6 Å². The van der Waals surface area contributed by atoms with Gasteiger partial charge in [0.05, 0.1) is 12.2 Å². The molecule has 4 rings (SSSR count). The lowest BCUT2D eigenvalue weighted by molar-refractivity contribution is 0.590. The lowest BCUT2D eigenvalue weighted by atomic mass is 10.1. The molecule has 0 aliphatic heterocycles. The van der Waals surface area contributed by atoms with E-state index in [0.29, 0.717) is 23.5 Å². The first-order valence-electron chi connectivity index (χ1n) is 10.1. The molecule has 31 heavy (non-hydrogen) atoms. The SMILES string of the molecule is CCc1ccc(N(Cc2cccc(F)c2)S(=O)(=O)c2cccn3c(CC)nnc23)cc1. The molecule has 4 aromatic rings. The van der Waals surface area contributed by atoms with Gasteiger partial charge >= 0.3 is 0 Å². The van der Waals surface area contributed by atoms with Crippen molar-refractivity contribution in [2.45, 2.75) is 38.1 Å². The molecule has 160 valence electrons. The lowest BCUT2D eigenvalue weighted by Gasteiger charge is -2.25. The molecule has 6 nitrogen and oxygen atoms in total. The maximum atomic E-state index is 13.8. The summed E-state index contributed by atoms with van der Waals surface area (Å²) in [5, 5.41) is 8.25. The summed E-state index contributed by atoms with van der Waals surface area (Å²) in [5.41, 5.74) is 2.41. The van der Waals surface area contributed by atoms with Crippen LogP contribution in [0, 0.1) is 5.82 Å². The highest BCUT2D eigenvalue weighted by Gasteiger charge is 2.29. The van der Waals surface area contributed by atoms with Crippen LogP contribution in [0.3, 0.4) is 0 Å². The maximum Gasteiger partial charge on any atom is 0.268 e. The molecule has 0 aliphatic rings. The van der Waals surface area contributed by atoms with E-state index in [-0.39, 0.29) is 17.1 Å². The van der Waals surface area contributed by atoms with Gasteiger partial charge in [-0.05, 0) is 53.9 Å². The highest BCUT2D eigenvalue weighted by Crippen LogP contribution is 2.28. The second-order valence-corrected chi connectivity index (χ2v) is 9.03. The van der Waals surface area contributed by atoms with Crippen LogP contribution in [0.2, 0.25) is 0 Å². The second kappa shape index (κ2) is 8.47. The van der Waals surface area contributed by atoms with E-state index >= 15 is 0 Å². The van der Waals surface area contributed by atoms with E-state index < -0.39 is 15.8 Å². The van der Waals surface area contributed by atoms with Gasteiger partial charge in [-0.3, -0.25) is 8.71 Å². The van der Waals surface area contributed by atoms with Crippen molar-refractivity contribution in [3.05, 3.63) is 89.6 Å². The lowest BCUT2D eigenvalue weighted by Crippen LogP contribution is -2.31. The molecular formula is C23H23FN4O2S. The van der Waals surface area contributed by atoms with E-state index in [9.17, 15) is 12.8 Å². The molecule has 0 unspecified atom stereocenters. The molecule has 0 saturated heterocycles. The average molecular weight is 439 g/mol. The topological polar surface area (TPSA) is 67.6 Å². The molecule has 0 saturated carbocycles. The summed E-state index contributed by atoms with van der Waals surface area (Å²) in [5.74, 6) is 0.263. The number of nitrogens with zero attached hydrogens (tertiary/aromatic N) is 4. The third-order valence-corrected chi connectivity index (χ3v) is 7.00. The van der Waals surface area contributed by atoms with Gasteiger partial charge in [-0.2, -0.15) is 0 Å². The smallest absolute Gasteiger partial charge is 0.268 e. The minimum Gasteiger partial charge on any atom is -0.285 e. The van der Waals surface area contributed by atoms with Crippen LogP contribution >= 0.6 is 0 Å². The summed E-state index contributed by atoms with van der Waals surface area (Å²) in [6, 6.07) is 16.5. The third kappa shape index (κ3) is 4.03. The molecule has 0 atom stereocenters. The molecule has 0 fully saturated rings. The monoisotopic (exact) mass is 438 g/mol. The fourth-order valence-corrected chi connectivity index (χ4v) is 5.09. The predicted octanol–water partition coefficient (Wildman–Crippen LogP) is 4.39. The molecule has 8 heteroatoms. The average Bonchev–Trinajstić information content (AvgIpc) is 3.21. The van der Waals surface area contributed by atoms with Gasteiger partial charge in [-0.25, -0.2) is 12.8 Å². The number of hydrogen-bond acceptors (Lipinski definition) is 4. The number of halogens is 1. The van der Waals surface area contributed by atoms with Crippen molar-refractivity contribution in [2.24, 2.45) is 0 Å². The predicted molar refractivity (Wildman–Crippen MR) is 118 cm³/mol. The minimum absolute atomic E-state index is 0.0125. The fraction of sp³-hybridized carbons (Fsp3) is 0.217. The highest BCUT2D eigenvalue weighted by atomic mass is 32.2. The molecule has 2 heterocycles. The normalized spacial score (nSPS) is 11.7. The van der Waals surface area contributed by atoms with Gasteiger partial charge in [0.15, 0.2) is 5.65 Å². The van der Waals surface area contributed by atoms with Crippen molar-refractivity contribution in [2.75, 3.05) is 4.31 Å². The Labute approximate surface area is 181 Å². The number of hydrogen-bond donors (Lipinski definition) is 0. The molecule has 0 bridgehead atoms. The first kappa shape index (κ1) is 21.0. The Balaban J connectivity index is 1.86. The molecule has 0 aliphatic carbocycles. The van der Waals surface area contributed by atoms with Gasteiger partial charge in [0, 0.05) is 12.6 Å². The van der Waals surface area contributed by atoms with Crippen LogP contribution in [0.5, 0.6) is 0 Å². The quantitative estimate of drug-likeness (QED) is 0.429. The van der Waals surface area contributed by atoms with Gasteiger partial charge in [0.25, 0.3) is 10.0 Å².